The van der Waals surface area contributed by atoms with Gasteiger partial charge in [0.05, 0.1) is 5.57 Å². The highest BCUT2D eigenvalue weighted by atomic mass is 16.4. The highest BCUT2D eigenvalue weighted by molar-refractivity contribution is 5.87. The maximum absolute atomic E-state index is 10.3. The molecular weight excluding hydrogens is 118 g/mol. The summed E-state index contributed by atoms with van der Waals surface area (Å²) in [6.07, 6.45) is 2.29. The number of nitrogens with two attached hydrogens (primary N) is 1. The Balaban J connectivity index is 2.78. The minimum atomic E-state index is -0.856. The van der Waals surface area contributed by atoms with Crippen molar-refractivity contribution in [2.24, 2.45) is 5.73 Å². The van der Waals surface area contributed by atoms with Gasteiger partial charge in [0, 0.05) is 5.70 Å². The van der Waals surface area contributed by atoms with Gasteiger partial charge in [-0.2, -0.15) is 0 Å². The lowest BCUT2D eigenvalue weighted by Crippen LogP contribution is -2.04. The maximum atomic E-state index is 10.3. The van der Waals surface area contributed by atoms with E-state index in [1.54, 1.807) is 0 Å². The zero-order valence-electron chi connectivity index (χ0n) is 5.05. The van der Waals surface area contributed by atoms with E-state index in [2.05, 4.69) is 0 Å². The normalized spacial score (nSPS) is 18.7. The number of carboxylic acid groups (broad SMARTS) is 1. The highest BCUT2D eigenvalue weighted by Gasteiger charge is 2.16. The molecule has 0 bridgehead atoms. The van der Waals surface area contributed by atoms with Crippen molar-refractivity contribution in [3.63, 3.8) is 0 Å². The quantitative estimate of drug-likeness (QED) is 0.538. The molecule has 0 fully saturated rings. The molecule has 1 rings (SSSR count). The van der Waals surface area contributed by atoms with Crippen LogP contribution in [0.5, 0.6) is 0 Å². The van der Waals surface area contributed by atoms with E-state index >= 15 is 0 Å². The average Bonchev–Trinajstić information content (AvgIpc) is 2.13. The van der Waals surface area contributed by atoms with Gasteiger partial charge in [-0.25, -0.2) is 4.79 Å². The summed E-state index contributed by atoms with van der Waals surface area (Å²) in [6, 6.07) is 0. The molecule has 0 aromatic heterocycles. The van der Waals surface area contributed by atoms with Crippen LogP contribution in [-0.2, 0) is 4.79 Å². The molecule has 3 nitrogen and oxygen atoms in total. The number of carbonyl (C=O) groups is 1. The van der Waals surface area contributed by atoms with Crippen LogP contribution < -0.4 is 5.73 Å². The third kappa shape index (κ3) is 1.04. The van der Waals surface area contributed by atoms with Crippen molar-refractivity contribution in [1.29, 1.82) is 0 Å². The van der Waals surface area contributed by atoms with Crippen LogP contribution >= 0.6 is 0 Å². The lowest BCUT2D eigenvalue weighted by molar-refractivity contribution is -0.132. The first-order valence-corrected chi connectivity index (χ1v) is 2.92. The molecule has 9 heavy (non-hydrogen) atoms. The van der Waals surface area contributed by atoms with Crippen LogP contribution in [0.2, 0.25) is 0 Å². The zero-order valence-corrected chi connectivity index (χ0v) is 5.05. The van der Waals surface area contributed by atoms with Crippen LogP contribution in [0, 0.1) is 0 Å². The summed E-state index contributed by atoms with van der Waals surface area (Å²) in [6.45, 7) is 0. The smallest absolute Gasteiger partial charge is 0.333 e. The molecule has 3 N–H and O–H groups in total. The van der Waals surface area contributed by atoms with Crippen molar-refractivity contribution in [3.05, 3.63) is 11.3 Å². The van der Waals surface area contributed by atoms with E-state index in [0.717, 1.165) is 12.8 Å². The summed E-state index contributed by atoms with van der Waals surface area (Å²) in [5.41, 5.74) is 6.35. The van der Waals surface area contributed by atoms with Crippen molar-refractivity contribution in [2.45, 2.75) is 19.3 Å². The molecule has 3 heteroatoms. The minimum Gasteiger partial charge on any atom is -0.478 e. The summed E-state index contributed by atoms with van der Waals surface area (Å²) in [5.74, 6) is -0.856. The van der Waals surface area contributed by atoms with E-state index in [1.165, 1.54) is 0 Å². The van der Waals surface area contributed by atoms with E-state index in [4.69, 9.17) is 10.8 Å². The third-order valence-electron chi connectivity index (χ3n) is 1.52. The van der Waals surface area contributed by atoms with E-state index in [0.29, 0.717) is 17.7 Å². The number of carboxylic acids is 1. The molecule has 0 spiro atoms. The van der Waals surface area contributed by atoms with Gasteiger partial charge in [0.2, 0.25) is 0 Å². The van der Waals surface area contributed by atoms with E-state index < -0.39 is 5.97 Å². The van der Waals surface area contributed by atoms with Crippen molar-refractivity contribution in [1.82, 2.24) is 0 Å². The summed E-state index contributed by atoms with van der Waals surface area (Å²) < 4.78 is 0. The summed E-state index contributed by atoms with van der Waals surface area (Å²) >= 11 is 0. The summed E-state index contributed by atoms with van der Waals surface area (Å²) in [4.78, 5) is 10.3. The van der Waals surface area contributed by atoms with Crippen LogP contribution in [0.15, 0.2) is 11.3 Å². The summed E-state index contributed by atoms with van der Waals surface area (Å²) in [7, 11) is 0. The van der Waals surface area contributed by atoms with Gasteiger partial charge >= 0.3 is 5.97 Å². The molecule has 0 radical (unpaired) electrons. The Morgan fingerprint density at radius 2 is 2.22 bits per heavy atom. The second-order valence-electron chi connectivity index (χ2n) is 2.16. The van der Waals surface area contributed by atoms with Gasteiger partial charge < -0.3 is 10.8 Å². The predicted molar refractivity (Wildman–Crippen MR) is 32.7 cm³/mol. The standard InChI is InChI=1S/C6H9NO2/c7-5-3-1-2-4(5)6(8)9/h1-3,7H2,(H,8,9). The lowest BCUT2D eigenvalue weighted by Gasteiger charge is -1.92. The molecule has 0 amide bonds. The number of hydrogen-bond donors (Lipinski definition) is 2. The van der Waals surface area contributed by atoms with Gasteiger partial charge in [-0.15, -0.1) is 0 Å². The number of allylic oxidation sites excluding steroid dienone is 1. The fraction of sp³-hybridized carbons (Fsp3) is 0.500. The van der Waals surface area contributed by atoms with E-state index in [1.807, 2.05) is 0 Å². The van der Waals surface area contributed by atoms with Gasteiger partial charge in [0.25, 0.3) is 0 Å². The molecule has 0 saturated heterocycles. The molecule has 1 aliphatic carbocycles. The fourth-order valence-corrected chi connectivity index (χ4v) is 1.01. The Kier molecular flexibility index (Phi) is 1.42. The van der Waals surface area contributed by atoms with Gasteiger partial charge in [-0.1, -0.05) is 0 Å². The first kappa shape index (κ1) is 6.13. The maximum Gasteiger partial charge on any atom is 0.333 e. The first-order chi connectivity index (χ1) is 4.22. The molecule has 1 aliphatic rings. The topological polar surface area (TPSA) is 63.3 Å². The molecule has 0 aromatic carbocycles. The Morgan fingerprint density at radius 1 is 1.56 bits per heavy atom. The average molecular weight is 127 g/mol. The van der Waals surface area contributed by atoms with Gasteiger partial charge in [0.15, 0.2) is 0 Å². The monoisotopic (exact) mass is 127 g/mol. The first-order valence-electron chi connectivity index (χ1n) is 2.92. The number of rotatable bonds is 1. The molecule has 0 atom stereocenters. The van der Waals surface area contributed by atoms with Gasteiger partial charge in [0.1, 0.15) is 0 Å². The van der Waals surface area contributed by atoms with Crippen molar-refractivity contribution >= 4 is 5.97 Å². The van der Waals surface area contributed by atoms with E-state index in [9.17, 15) is 4.79 Å². The zero-order chi connectivity index (χ0) is 6.85. The Hall–Kier alpha value is -0.990. The predicted octanol–water partition coefficient (Wildman–Crippen LogP) is 0.468. The number of hydrogen-bond acceptors (Lipinski definition) is 2. The minimum absolute atomic E-state index is 0.412. The van der Waals surface area contributed by atoms with Gasteiger partial charge in [-0.05, 0) is 19.3 Å². The van der Waals surface area contributed by atoms with Crippen LogP contribution in [0.25, 0.3) is 0 Å². The molecule has 0 aliphatic heterocycles. The second kappa shape index (κ2) is 2.09. The molecule has 0 saturated carbocycles. The number of aliphatic carboxylic acids is 1. The van der Waals surface area contributed by atoms with E-state index in [-0.39, 0.29) is 0 Å². The van der Waals surface area contributed by atoms with Crippen molar-refractivity contribution < 1.29 is 9.90 Å². The van der Waals surface area contributed by atoms with Crippen LogP contribution in [0.3, 0.4) is 0 Å². The van der Waals surface area contributed by atoms with Crippen LogP contribution in [0.1, 0.15) is 19.3 Å². The third-order valence-corrected chi connectivity index (χ3v) is 1.52. The van der Waals surface area contributed by atoms with Gasteiger partial charge in [-0.3, -0.25) is 0 Å². The largest absolute Gasteiger partial charge is 0.478 e. The second-order valence-corrected chi connectivity index (χ2v) is 2.16. The Morgan fingerprint density at radius 3 is 2.44 bits per heavy atom. The SMILES string of the molecule is NC1=C(C(=O)O)CCC1. The lowest BCUT2D eigenvalue weighted by atomic mass is 10.2. The molecule has 0 unspecified atom stereocenters. The van der Waals surface area contributed by atoms with Crippen LogP contribution in [0.4, 0.5) is 0 Å². The molecule has 0 heterocycles. The Bertz CT molecular complexity index is 172. The Labute approximate surface area is 53.2 Å². The van der Waals surface area contributed by atoms with Crippen LogP contribution in [-0.4, -0.2) is 11.1 Å². The summed E-state index contributed by atoms with van der Waals surface area (Å²) in [5, 5.41) is 8.45. The molecule has 0 aromatic rings. The molecular formula is C6H9NO2. The molecule has 50 valence electrons. The van der Waals surface area contributed by atoms with Crippen molar-refractivity contribution in [3.8, 4) is 0 Å². The highest BCUT2D eigenvalue weighted by Crippen LogP contribution is 2.21. The van der Waals surface area contributed by atoms with Crippen molar-refractivity contribution in [2.75, 3.05) is 0 Å². The fourth-order valence-electron chi connectivity index (χ4n) is 1.01.